The summed E-state index contributed by atoms with van der Waals surface area (Å²) in [6, 6.07) is 7.16. The highest BCUT2D eigenvalue weighted by atomic mass is 79.9. The summed E-state index contributed by atoms with van der Waals surface area (Å²) in [6.45, 7) is 3.69. The molecule has 4 nitrogen and oxygen atoms in total. The smallest absolute Gasteiger partial charge is 0.354 e. The van der Waals surface area contributed by atoms with E-state index >= 15 is 0 Å². The Balaban J connectivity index is 2.60. The van der Waals surface area contributed by atoms with Crippen LogP contribution in [-0.2, 0) is 0 Å². The minimum atomic E-state index is -1.04. The number of carbonyl (C=O) groups is 1. The zero-order valence-corrected chi connectivity index (χ0v) is 11.5. The normalized spacial score (nSPS) is 10.4. The van der Waals surface area contributed by atoms with Gasteiger partial charge in [0.15, 0.2) is 11.5 Å². The van der Waals surface area contributed by atoms with Crippen molar-refractivity contribution >= 4 is 21.9 Å². The molecular formula is C13H11BrN2O2. The highest BCUT2D eigenvalue weighted by Gasteiger charge is 2.11. The third-order valence-electron chi connectivity index (χ3n) is 2.50. The molecule has 0 amide bonds. The van der Waals surface area contributed by atoms with Crippen molar-refractivity contribution in [2.75, 3.05) is 0 Å². The van der Waals surface area contributed by atoms with Crippen LogP contribution in [0.25, 0.3) is 11.4 Å². The molecule has 0 radical (unpaired) electrons. The molecule has 0 spiro atoms. The molecule has 1 aromatic heterocycles. The third-order valence-corrected chi connectivity index (χ3v) is 3.00. The monoisotopic (exact) mass is 306 g/mol. The lowest BCUT2D eigenvalue weighted by Crippen LogP contribution is -2.04. The second kappa shape index (κ2) is 4.86. The second-order valence-electron chi connectivity index (χ2n) is 3.98. The summed E-state index contributed by atoms with van der Waals surface area (Å²) in [6.07, 6.45) is 0. The number of nitrogens with zero attached hydrogens (tertiary/aromatic N) is 2. The van der Waals surface area contributed by atoms with Gasteiger partial charge in [-0.3, -0.25) is 0 Å². The molecule has 2 aromatic rings. The third kappa shape index (κ3) is 2.56. The van der Waals surface area contributed by atoms with Crippen LogP contribution in [-0.4, -0.2) is 21.0 Å². The summed E-state index contributed by atoms with van der Waals surface area (Å²) in [4.78, 5) is 19.3. The maximum absolute atomic E-state index is 11.0. The standard InChI is InChI=1S/C13H11BrN2O2/c1-7-5-9(14)3-4-10(7)12-15-8(2)6-11(16-12)13(17)18/h3-6H,1-2H3,(H,17,18). The Kier molecular flexibility index (Phi) is 3.43. The largest absolute Gasteiger partial charge is 0.477 e. The van der Waals surface area contributed by atoms with Crippen molar-refractivity contribution in [3.8, 4) is 11.4 Å². The Morgan fingerprint density at radius 3 is 2.56 bits per heavy atom. The van der Waals surface area contributed by atoms with E-state index in [1.807, 2.05) is 25.1 Å². The zero-order valence-electron chi connectivity index (χ0n) is 9.94. The number of hydrogen-bond acceptors (Lipinski definition) is 3. The van der Waals surface area contributed by atoms with Crippen molar-refractivity contribution in [3.05, 3.63) is 45.7 Å². The van der Waals surface area contributed by atoms with Crippen LogP contribution in [0.1, 0.15) is 21.7 Å². The lowest BCUT2D eigenvalue weighted by molar-refractivity contribution is 0.0690. The van der Waals surface area contributed by atoms with Gasteiger partial charge in [-0.2, -0.15) is 0 Å². The lowest BCUT2D eigenvalue weighted by Gasteiger charge is -2.07. The van der Waals surface area contributed by atoms with Crippen LogP contribution in [0.3, 0.4) is 0 Å². The van der Waals surface area contributed by atoms with E-state index in [4.69, 9.17) is 5.11 Å². The van der Waals surface area contributed by atoms with Crippen LogP contribution in [0, 0.1) is 13.8 Å². The maximum Gasteiger partial charge on any atom is 0.354 e. The van der Waals surface area contributed by atoms with Gasteiger partial charge in [-0.05, 0) is 43.7 Å². The van der Waals surface area contributed by atoms with Crippen LogP contribution in [0.5, 0.6) is 0 Å². The van der Waals surface area contributed by atoms with Crippen LogP contribution >= 0.6 is 15.9 Å². The van der Waals surface area contributed by atoms with Crippen molar-refractivity contribution in [1.82, 2.24) is 9.97 Å². The van der Waals surface area contributed by atoms with E-state index in [0.717, 1.165) is 15.6 Å². The molecule has 0 unspecified atom stereocenters. The molecule has 0 saturated heterocycles. The number of aryl methyl sites for hydroxylation is 2. The minimum Gasteiger partial charge on any atom is -0.477 e. The van der Waals surface area contributed by atoms with Crippen molar-refractivity contribution in [2.24, 2.45) is 0 Å². The first-order valence-corrected chi connectivity index (χ1v) is 6.12. The first-order chi connectivity index (χ1) is 8.47. The van der Waals surface area contributed by atoms with Crippen molar-refractivity contribution in [3.63, 3.8) is 0 Å². The van der Waals surface area contributed by atoms with Gasteiger partial charge in [0, 0.05) is 15.7 Å². The van der Waals surface area contributed by atoms with Gasteiger partial charge < -0.3 is 5.11 Å². The Morgan fingerprint density at radius 1 is 1.22 bits per heavy atom. The summed E-state index contributed by atoms with van der Waals surface area (Å²) in [7, 11) is 0. The van der Waals surface area contributed by atoms with Crippen molar-refractivity contribution in [2.45, 2.75) is 13.8 Å². The first-order valence-electron chi connectivity index (χ1n) is 5.33. The predicted molar refractivity (Wildman–Crippen MR) is 71.6 cm³/mol. The molecule has 18 heavy (non-hydrogen) atoms. The van der Waals surface area contributed by atoms with Gasteiger partial charge in [0.05, 0.1) is 0 Å². The van der Waals surface area contributed by atoms with Crippen molar-refractivity contribution < 1.29 is 9.90 Å². The molecule has 1 N–H and O–H groups in total. The van der Waals surface area contributed by atoms with E-state index in [2.05, 4.69) is 25.9 Å². The van der Waals surface area contributed by atoms with E-state index in [1.54, 1.807) is 6.92 Å². The van der Waals surface area contributed by atoms with Gasteiger partial charge in [-0.15, -0.1) is 0 Å². The molecule has 5 heteroatoms. The molecule has 0 aliphatic rings. The highest BCUT2D eigenvalue weighted by Crippen LogP contribution is 2.23. The van der Waals surface area contributed by atoms with Crippen molar-refractivity contribution in [1.29, 1.82) is 0 Å². The maximum atomic E-state index is 11.0. The van der Waals surface area contributed by atoms with Gasteiger partial charge in [0.2, 0.25) is 0 Å². The minimum absolute atomic E-state index is 0.0137. The number of benzene rings is 1. The Morgan fingerprint density at radius 2 is 1.94 bits per heavy atom. The number of hydrogen-bond donors (Lipinski definition) is 1. The Hall–Kier alpha value is -1.75. The first kappa shape index (κ1) is 12.7. The summed E-state index contributed by atoms with van der Waals surface area (Å²) < 4.78 is 0.967. The number of rotatable bonds is 2. The fourth-order valence-electron chi connectivity index (χ4n) is 1.68. The van der Waals surface area contributed by atoms with Gasteiger partial charge in [-0.1, -0.05) is 15.9 Å². The molecule has 0 aliphatic heterocycles. The fraction of sp³-hybridized carbons (Fsp3) is 0.154. The average Bonchev–Trinajstić information content (AvgIpc) is 2.27. The summed E-state index contributed by atoms with van der Waals surface area (Å²) in [5.41, 5.74) is 2.48. The van der Waals surface area contributed by atoms with Crippen LogP contribution in [0.15, 0.2) is 28.7 Å². The summed E-state index contributed by atoms with van der Waals surface area (Å²) >= 11 is 3.39. The van der Waals surface area contributed by atoms with Crippen LogP contribution < -0.4 is 0 Å². The number of carboxylic acid groups (broad SMARTS) is 1. The molecule has 0 saturated carbocycles. The number of carboxylic acids is 1. The molecule has 0 bridgehead atoms. The number of halogens is 1. The Labute approximate surface area is 113 Å². The van der Waals surface area contributed by atoms with E-state index in [1.165, 1.54) is 6.07 Å². The van der Waals surface area contributed by atoms with E-state index in [0.29, 0.717) is 11.5 Å². The molecule has 2 rings (SSSR count). The average molecular weight is 307 g/mol. The van der Waals surface area contributed by atoms with Crippen LogP contribution in [0.2, 0.25) is 0 Å². The van der Waals surface area contributed by atoms with E-state index < -0.39 is 5.97 Å². The van der Waals surface area contributed by atoms with Crippen LogP contribution in [0.4, 0.5) is 0 Å². The van der Waals surface area contributed by atoms with Gasteiger partial charge in [0.1, 0.15) is 0 Å². The topological polar surface area (TPSA) is 63.1 Å². The molecule has 0 atom stereocenters. The molecule has 92 valence electrons. The quantitative estimate of drug-likeness (QED) is 0.925. The lowest BCUT2D eigenvalue weighted by atomic mass is 10.1. The molecule has 1 aromatic carbocycles. The second-order valence-corrected chi connectivity index (χ2v) is 4.90. The fourth-order valence-corrected chi connectivity index (χ4v) is 2.15. The van der Waals surface area contributed by atoms with Gasteiger partial charge >= 0.3 is 5.97 Å². The molecule has 0 fully saturated rings. The van der Waals surface area contributed by atoms with Gasteiger partial charge in [0.25, 0.3) is 0 Å². The number of aromatic carboxylic acids is 1. The molecule has 0 aliphatic carbocycles. The summed E-state index contributed by atoms with van der Waals surface area (Å²) in [5.74, 6) is -0.603. The number of aromatic nitrogens is 2. The van der Waals surface area contributed by atoms with E-state index in [-0.39, 0.29) is 5.69 Å². The molecular weight excluding hydrogens is 296 g/mol. The molecule has 1 heterocycles. The summed E-state index contributed by atoms with van der Waals surface area (Å²) in [5, 5.41) is 9.00. The predicted octanol–water partition coefficient (Wildman–Crippen LogP) is 3.22. The highest BCUT2D eigenvalue weighted by molar-refractivity contribution is 9.10. The Bertz CT molecular complexity index is 626. The van der Waals surface area contributed by atoms with Gasteiger partial charge in [-0.25, -0.2) is 14.8 Å². The zero-order chi connectivity index (χ0) is 13.3. The van der Waals surface area contributed by atoms with E-state index in [9.17, 15) is 4.79 Å². The SMILES string of the molecule is Cc1cc(C(=O)O)nc(-c2ccc(Br)cc2C)n1.